The average molecular weight is 199 g/mol. The van der Waals surface area contributed by atoms with E-state index in [1.54, 1.807) is 0 Å². The molecule has 2 fully saturated rings. The molecular formula is C8H13N3O3. The van der Waals surface area contributed by atoms with Gasteiger partial charge >= 0.3 is 6.03 Å². The summed E-state index contributed by atoms with van der Waals surface area (Å²) in [7, 11) is 0. The van der Waals surface area contributed by atoms with Crippen LogP contribution >= 0.6 is 0 Å². The molecule has 6 nitrogen and oxygen atoms in total. The van der Waals surface area contributed by atoms with Gasteiger partial charge < -0.3 is 4.74 Å². The quantitative estimate of drug-likeness (QED) is 0.601. The van der Waals surface area contributed by atoms with Crippen LogP contribution in [0.1, 0.15) is 19.3 Å². The van der Waals surface area contributed by atoms with Crippen molar-refractivity contribution in [1.29, 1.82) is 0 Å². The Balaban J connectivity index is 1.95. The van der Waals surface area contributed by atoms with Crippen molar-refractivity contribution in [1.82, 2.24) is 15.8 Å². The molecule has 0 bridgehead atoms. The van der Waals surface area contributed by atoms with Crippen LogP contribution in [0.25, 0.3) is 0 Å². The summed E-state index contributed by atoms with van der Waals surface area (Å²) in [6, 6.07) is -0.423. The highest BCUT2D eigenvalue weighted by molar-refractivity contribution is 5.97. The van der Waals surface area contributed by atoms with Crippen LogP contribution in [0, 0.1) is 0 Å². The second-order valence-electron chi connectivity index (χ2n) is 3.38. The molecular weight excluding hydrogens is 186 g/mol. The maximum Gasteiger partial charge on any atom is 0.340 e. The number of hydrazine groups is 1. The van der Waals surface area contributed by atoms with Gasteiger partial charge in [-0.05, 0) is 19.3 Å². The van der Waals surface area contributed by atoms with E-state index in [-0.39, 0.29) is 18.7 Å². The fourth-order valence-electron chi connectivity index (χ4n) is 1.61. The van der Waals surface area contributed by atoms with Gasteiger partial charge in [0.15, 0.2) is 0 Å². The van der Waals surface area contributed by atoms with E-state index < -0.39 is 6.03 Å². The van der Waals surface area contributed by atoms with E-state index in [4.69, 9.17) is 4.74 Å². The Morgan fingerprint density at radius 1 is 1.36 bits per heavy atom. The van der Waals surface area contributed by atoms with Gasteiger partial charge in [-0.15, -0.1) is 0 Å². The van der Waals surface area contributed by atoms with Gasteiger partial charge in [0.25, 0.3) is 0 Å². The van der Waals surface area contributed by atoms with Crippen LogP contribution in [0.2, 0.25) is 0 Å². The first-order valence-electron chi connectivity index (χ1n) is 4.75. The Morgan fingerprint density at radius 2 is 2.21 bits per heavy atom. The molecule has 2 heterocycles. The molecule has 2 aliphatic rings. The lowest BCUT2D eigenvalue weighted by Crippen LogP contribution is -2.63. The van der Waals surface area contributed by atoms with Crippen molar-refractivity contribution in [3.63, 3.8) is 0 Å². The van der Waals surface area contributed by atoms with Gasteiger partial charge in [-0.1, -0.05) is 0 Å². The van der Waals surface area contributed by atoms with E-state index in [0.29, 0.717) is 6.61 Å². The van der Waals surface area contributed by atoms with Gasteiger partial charge in [0.05, 0.1) is 6.54 Å². The summed E-state index contributed by atoms with van der Waals surface area (Å²) in [5.41, 5.74) is 2.74. The molecule has 2 saturated heterocycles. The molecule has 2 aliphatic heterocycles. The SMILES string of the molecule is O=C1CNN(C2CCCCO2)C(=O)N1. The van der Waals surface area contributed by atoms with Crippen molar-refractivity contribution in [3.05, 3.63) is 0 Å². The molecule has 3 amide bonds. The number of nitrogens with zero attached hydrogens (tertiary/aromatic N) is 1. The van der Waals surface area contributed by atoms with Gasteiger partial charge in [-0.3, -0.25) is 10.1 Å². The molecule has 0 aromatic rings. The first-order valence-corrected chi connectivity index (χ1v) is 4.75. The normalized spacial score (nSPS) is 28.9. The zero-order chi connectivity index (χ0) is 9.97. The van der Waals surface area contributed by atoms with Crippen LogP contribution in [0.3, 0.4) is 0 Å². The van der Waals surface area contributed by atoms with Crippen molar-refractivity contribution in [3.8, 4) is 0 Å². The second-order valence-corrected chi connectivity index (χ2v) is 3.38. The molecule has 0 spiro atoms. The minimum atomic E-state index is -0.423. The number of rotatable bonds is 1. The highest BCUT2D eigenvalue weighted by Gasteiger charge is 2.30. The van der Waals surface area contributed by atoms with Crippen LogP contribution in [-0.4, -0.2) is 36.3 Å². The molecule has 6 heteroatoms. The van der Waals surface area contributed by atoms with E-state index in [2.05, 4.69) is 10.7 Å². The van der Waals surface area contributed by atoms with Crippen molar-refractivity contribution in [2.24, 2.45) is 0 Å². The molecule has 14 heavy (non-hydrogen) atoms. The number of ether oxygens (including phenoxy) is 1. The number of urea groups is 1. The van der Waals surface area contributed by atoms with E-state index in [0.717, 1.165) is 19.3 Å². The summed E-state index contributed by atoms with van der Waals surface area (Å²) in [6.07, 6.45) is 2.65. The lowest BCUT2D eigenvalue weighted by molar-refractivity contribution is -0.127. The third-order valence-electron chi connectivity index (χ3n) is 2.32. The summed E-state index contributed by atoms with van der Waals surface area (Å²) in [6.45, 7) is 0.801. The first kappa shape index (κ1) is 9.42. The largest absolute Gasteiger partial charge is 0.357 e. The lowest BCUT2D eigenvalue weighted by atomic mass is 10.2. The number of nitrogens with one attached hydrogen (secondary N) is 2. The monoisotopic (exact) mass is 199 g/mol. The van der Waals surface area contributed by atoms with Gasteiger partial charge in [-0.25, -0.2) is 15.2 Å². The van der Waals surface area contributed by atoms with Gasteiger partial charge in [0, 0.05) is 6.61 Å². The Bertz CT molecular complexity index is 250. The van der Waals surface area contributed by atoms with Crippen molar-refractivity contribution >= 4 is 11.9 Å². The average Bonchev–Trinajstić information content (AvgIpc) is 2.19. The topological polar surface area (TPSA) is 70.7 Å². The molecule has 1 atom stereocenters. The molecule has 1 unspecified atom stereocenters. The van der Waals surface area contributed by atoms with Crippen molar-refractivity contribution < 1.29 is 14.3 Å². The number of carbonyl (C=O) groups excluding carboxylic acids is 2. The maximum absolute atomic E-state index is 11.4. The second kappa shape index (κ2) is 3.93. The van der Waals surface area contributed by atoms with Crippen LogP contribution in [0.15, 0.2) is 0 Å². The van der Waals surface area contributed by atoms with Gasteiger partial charge in [-0.2, -0.15) is 0 Å². The van der Waals surface area contributed by atoms with Gasteiger partial charge in [0.1, 0.15) is 6.23 Å². The van der Waals surface area contributed by atoms with E-state index >= 15 is 0 Å². The number of hydrogen-bond donors (Lipinski definition) is 2. The van der Waals surface area contributed by atoms with E-state index in [9.17, 15) is 9.59 Å². The highest BCUT2D eigenvalue weighted by Crippen LogP contribution is 2.15. The number of imide groups is 1. The predicted molar refractivity (Wildman–Crippen MR) is 47.0 cm³/mol. The predicted octanol–water partition coefficient (Wildman–Crippen LogP) is -0.431. The molecule has 0 saturated carbocycles. The zero-order valence-electron chi connectivity index (χ0n) is 7.78. The Hall–Kier alpha value is -1.14. The smallest absolute Gasteiger partial charge is 0.340 e. The summed E-state index contributed by atoms with van der Waals surface area (Å²) in [5.74, 6) is -0.304. The van der Waals surface area contributed by atoms with Crippen LogP contribution < -0.4 is 10.7 Å². The Labute approximate surface area is 81.5 Å². The van der Waals surface area contributed by atoms with Crippen LogP contribution in [-0.2, 0) is 9.53 Å². The minimum Gasteiger partial charge on any atom is -0.357 e. The molecule has 0 aromatic heterocycles. The number of amides is 3. The third-order valence-corrected chi connectivity index (χ3v) is 2.32. The van der Waals surface area contributed by atoms with Crippen LogP contribution in [0.4, 0.5) is 4.79 Å². The third kappa shape index (κ3) is 1.85. The fraction of sp³-hybridized carbons (Fsp3) is 0.750. The summed E-state index contributed by atoms with van der Waals surface area (Å²) in [5, 5.41) is 3.59. The maximum atomic E-state index is 11.4. The molecule has 0 aromatic carbocycles. The van der Waals surface area contributed by atoms with Crippen LogP contribution in [0.5, 0.6) is 0 Å². The summed E-state index contributed by atoms with van der Waals surface area (Å²) < 4.78 is 5.41. The number of carbonyl (C=O) groups is 2. The van der Waals surface area contributed by atoms with Crippen molar-refractivity contribution in [2.75, 3.05) is 13.2 Å². The van der Waals surface area contributed by atoms with Gasteiger partial charge in [0.2, 0.25) is 5.91 Å². The Morgan fingerprint density at radius 3 is 2.86 bits per heavy atom. The lowest BCUT2D eigenvalue weighted by Gasteiger charge is -2.35. The summed E-state index contributed by atoms with van der Waals surface area (Å²) in [4.78, 5) is 22.2. The zero-order valence-corrected chi connectivity index (χ0v) is 7.78. The molecule has 0 radical (unpaired) electrons. The van der Waals surface area contributed by atoms with Crippen molar-refractivity contribution in [2.45, 2.75) is 25.5 Å². The summed E-state index contributed by atoms with van der Waals surface area (Å²) >= 11 is 0. The first-order chi connectivity index (χ1) is 6.77. The molecule has 2 N–H and O–H groups in total. The number of hydrogen-bond acceptors (Lipinski definition) is 4. The highest BCUT2D eigenvalue weighted by atomic mass is 16.5. The Kier molecular flexibility index (Phi) is 2.64. The standard InChI is InChI=1S/C8H13N3O3/c12-6-5-9-11(8(13)10-6)7-3-1-2-4-14-7/h7,9H,1-5H2,(H,10,12,13). The molecule has 78 valence electrons. The van der Waals surface area contributed by atoms with E-state index in [1.165, 1.54) is 5.01 Å². The van der Waals surface area contributed by atoms with E-state index in [1.807, 2.05) is 0 Å². The molecule has 2 rings (SSSR count). The minimum absolute atomic E-state index is 0.131. The molecule has 0 aliphatic carbocycles. The fourth-order valence-corrected chi connectivity index (χ4v) is 1.61.